The van der Waals surface area contributed by atoms with Crippen LogP contribution >= 0.6 is 23.2 Å². The van der Waals surface area contributed by atoms with E-state index in [2.05, 4.69) is 9.97 Å². The van der Waals surface area contributed by atoms with E-state index in [9.17, 15) is 0 Å². The molecule has 1 aromatic carbocycles. The van der Waals surface area contributed by atoms with Crippen molar-refractivity contribution in [2.75, 3.05) is 0 Å². The zero-order valence-electron chi connectivity index (χ0n) is 10.2. The molecule has 3 nitrogen and oxygen atoms in total. The Morgan fingerprint density at radius 1 is 1.16 bits per heavy atom. The molecule has 3 rings (SSSR count). The Labute approximate surface area is 120 Å². The second kappa shape index (κ2) is 4.83. The zero-order chi connectivity index (χ0) is 13.4. The maximum absolute atomic E-state index is 6.27. The average Bonchev–Trinajstić information content (AvgIpc) is 2.79. The van der Waals surface area contributed by atoms with Crippen LogP contribution in [0.3, 0.4) is 0 Å². The summed E-state index contributed by atoms with van der Waals surface area (Å²) >= 11 is 12.5. The highest BCUT2D eigenvalue weighted by Gasteiger charge is 2.18. The predicted octanol–water partition coefficient (Wildman–Crippen LogP) is 4.37. The monoisotopic (exact) mass is 291 g/mol. The van der Waals surface area contributed by atoms with E-state index >= 15 is 0 Å². The van der Waals surface area contributed by atoms with Crippen molar-refractivity contribution >= 4 is 34.4 Å². The number of halogens is 2. The zero-order valence-corrected chi connectivity index (χ0v) is 11.7. The lowest BCUT2D eigenvalue weighted by molar-refractivity contribution is 0.877. The smallest absolute Gasteiger partial charge is 0.164 e. The Bertz CT molecular complexity index is 734. The van der Waals surface area contributed by atoms with E-state index in [4.69, 9.17) is 23.2 Å². The Kier molecular flexibility index (Phi) is 3.17. The van der Waals surface area contributed by atoms with Crippen LogP contribution in [0.5, 0.6) is 0 Å². The Hall–Kier alpha value is -1.58. The number of hydrogen-bond acceptors (Lipinski definition) is 2. The van der Waals surface area contributed by atoms with Gasteiger partial charge in [-0.1, -0.05) is 23.7 Å². The number of alkyl halides is 1. The summed E-state index contributed by atoms with van der Waals surface area (Å²) in [7, 11) is 0. The fourth-order valence-corrected chi connectivity index (χ4v) is 2.43. The van der Waals surface area contributed by atoms with Gasteiger partial charge in [-0.05, 0) is 31.2 Å². The third-order valence-electron chi connectivity index (χ3n) is 2.89. The van der Waals surface area contributed by atoms with Gasteiger partial charge in [0.25, 0.3) is 0 Å². The second-order valence-corrected chi connectivity index (χ2v) is 5.28. The van der Waals surface area contributed by atoms with E-state index in [0.717, 1.165) is 22.7 Å². The van der Waals surface area contributed by atoms with E-state index in [-0.39, 0.29) is 5.38 Å². The minimum Gasteiger partial charge on any atom is -0.278 e. The molecule has 0 aliphatic carbocycles. The minimum atomic E-state index is -0.231. The quantitative estimate of drug-likeness (QED) is 0.656. The van der Waals surface area contributed by atoms with Gasteiger partial charge in [0, 0.05) is 6.20 Å². The predicted molar refractivity (Wildman–Crippen MR) is 78.1 cm³/mol. The maximum Gasteiger partial charge on any atom is 0.164 e. The van der Waals surface area contributed by atoms with Gasteiger partial charge in [-0.25, -0.2) is 9.97 Å². The minimum absolute atomic E-state index is 0.231. The molecule has 0 spiro atoms. The van der Waals surface area contributed by atoms with Gasteiger partial charge in [-0.2, -0.15) is 0 Å². The van der Waals surface area contributed by atoms with Crippen molar-refractivity contribution in [3.8, 4) is 5.69 Å². The van der Waals surface area contributed by atoms with Crippen molar-refractivity contribution in [1.29, 1.82) is 0 Å². The molecular weight excluding hydrogens is 281 g/mol. The molecule has 0 saturated heterocycles. The van der Waals surface area contributed by atoms with E-state index in [1.165, 1.54) is 0 Å². The largest absolute Gasteiger partial charge is 0.278 e. The van der Waals surface area contributed by atoms with Crippen molar-refractivity contribution in [1.82, 2.24) is 14.5 Å². The summed E-state index contributed by atoms with van der Waals surface area (Å²) in [5, 5.41) is 0.413. The lowest BCUT2D eigenvalue weighted by Crippen LogP contribution is -2.03. The van der Waals surface area contributed by atoms with Crippen LogP contribution in [-0.2, 0) is 0 Å². The van der Waals surface area contributed by atoms with Crippen molar-refractivity contribution in [2.45, 2.75) is 12.3 Å². The molecule has 0 fully saturated rings. The number of hydrogen-bond donors (Lipinski definition) is 0. The van der Waals surface area contributed by atoms with Crippen molar-refractivity contribution < 1.29 is 0 Å². The third kappa shape index (κ3) is 2.09. The molecule has 19 heavy (non-hydrogen) atoms. The van der Waals surface area contributed by atoms with Crippen LogP contribution in [0, 0.1) is 0 Å². The third-order valence-corrected chi connectivity index (χ3v) is 3.41. The van der Waals surface area contributed by atoms with Crippen LogP contribution < -0.4 is 0 Å². The first-order valence-electron chi connectivity index (χ1n) is 5.91. The van der Waals surface area contributed by atoms with Gasteiger partial charge in [0.15, 0.2) is 5.65 Å². The molecule has 1 unspecified atom stereocenters. The number of pyridine rings is 1. The van der Waals surface area contributed by atoms with Gasteiger partial charge in [-0.15, -0.1) is 11.6 Å². The highest BCUT2D eigenvalue weighted by atomic mass is 35.5. The second-order valence-electron chi connectivity index (χ2n) is 4.22. The lowest BCUT2D eigenvalue weighted by atomic mass is 10.3. The summed E-state index contributed by atoms with van der Waals surface area (Å²) in [6, 6.07) is 11.4. The number of fused-ring (bicyclic) bond motifs is 1. The molecule has 0 radical (unpaired) electrons. The summed E-state index contributed by atoms with van der Waals surface area (Å²) in [5.74, 6) is 0.739. The SMILES string of the molecule is CC(Cl)c1nc2cccnc2n1-c1ccccc1Cl. The van der Waals surface area contributed by atoms with Crippen LogP contribution in [0.15, 0.2) is 42.6 Å². The van der Waals surface area contributed by atoms with Crippen molar-refractivity contribution in [3.05, 3.63) is 53.4 Å². The molecule has 2 heterocycles. The van der Waals surface area contributed by atoms with E-state index in [1.807, 2.05) is 47.9 Å². The van der Waals surface area contributed by atoms with Gasteiger partial charge < -0.3 is 0 Å². The Morgan fingerprint density at radius 2 is 1.95 bits per heavy atom. The molecule has 0 saturated carbocycles. The number of imidazole rings is 1. The van der Waals surface area contributed by atoms with Crippen molar-refractivity contribution in [3.63, 3.8) is 0 Å². The summed E-state index contributed by atoms with van der Waals surface area (Å²) in [6.07, 6.45) is 1.74. The van der Waals surface area contributed by atoms with Crippen LogP contribution in [0.1, 0.15) is 18.1 Å². The van der Waals surface area contributed by atoms with Crippen LogP contribution in [-0.4, -0.2) is 14.5 Å². The number of aromatic nitrogens is 3. The number of para-hydroxylation sites is 1. The summed E-state index contributed by atoms with van der Waals surface area (Å²) in [4.78, 5) is 8.92. The van der Waals surface area contributed by atoms with Crippen molar-refractivity contribution in [2.24, 2.45) is 0 Å². The summed E-state index contributed by atoms with van der Waals surface area (Å²) < 4.78 is 1.91. The van der Waals surface area contributed by atoms with Gasteiger partial charge in [0.05, 0.1) is 16.1 Å². The maximum atomic E-state index is 6.27. The van der Waals surface area contributed by atoms with Gasteiger partial charge in [0.1, 0.15) is 11.3 Å². The molecule has 0 aliphatic heterocycles. The lowest BCUT2D eigenvalue weighted by Gasteiger charge is -2.11. The molecule has 0 aliphatic rings. The molecule has 5 heteroatoms. The van der Waals surface area contributed by atoms with Gasteiger partial charge in [0.2, 0.25) is 0 Å². The number of benzene rings is 1. The normalized spacial score (nSPS) is 12.8. The van der Waals surface area contributed by atoms with E-state index in [1.54, 1.807) is 6.20 Å². The topological polar surface area (TPSA) is 30.7 Å². The van der Waals surface area contributed by atoms with Crippen LogP contribution in [0.4, 0.5) is 0 Å². The molecule has 0 N–H and O–H groups in total. The molecule has 2 aromatic heterocycles. The summed E-state index contributed by atoms with van der Waals surface area (Å²) in [6.45, 7) is 1.89. The molecular formula is C14H11Cl2N3. The molecule has 96 valence electrons. The molecule has 1 atom stereocenters. The first-order valence-corrected chi connectivity index (χ1v) is 6.72. The fraction of sp³-hybridized carbons (Fsp3) is 0.143. The Balaban J connectivity index is 2.38. The van der Waals surface area contributed by atoms with Gasteiger partial charge >= 0.3 is 0 Å². The Morgan fingerprint density at radius 3 is 2.68 bits per heavy atom. The van der Waals surface area contributed by atoms with Gasteiger partial charge in [-0.3, -0.25) is 4.57 Å². The van der Waals surface area contributed by atoms with Crippen LogP contribution in [0.25, 0.3) is 16.9 Å². The molecule has 0 bridgehead atoms. The number of nitrogens with zero attached hydrogens (tertiary/aromatic N) is 3. The highest BCUT2D eigenvalue weighted by Crippen LogP contribution is 2.30. The first kappa shape index (κ1) is 12.5. The van der Waals surface area contributed by atoms with E-state index < -0.39 is 0 Å². The fourth-order valence-electron chi connectivity index (χ4n) is 2.07. The highest BCUT2D eigenvalue weighted by molar-refractivity contribution is 6.32. The molecule has 0 amide bonds. The first-order chi connectivity index (χ1) is 9.18. The van der Waals surface area contributed by atoms with Crippen LogP contribution in [0.2, 0.25) is 5.02 Å². The van der Waals surface area contributed by atoms with E-state index in [0.29, 0.717) is 5.02 Å². The average molecular weight is 292 g/mol. The summed E-state index contributed by atoms with van der Waals surface area (Å²) in [5.41, 5.74) is 2.41. The standard InChI is InChI=1S/C14H11Cl2N3/c1-9(15)13-18-11-6-4-8-17-14(11)19(13)12-7-3-2-5-10(12)16/h2-9H,1H3. The molecule has 3 aromatic rings. The number of rotatable bonds is 2.